The lowest BCUT2D eigenvalue weighted by Gasteiger charge is -2.03. The molecule has 2 N–H and O–H groups in total. The van der Waals surface area contributed by atoms with Crippen LogP contribution in [-0.4, -0.2) is 27.6 Å². The fourth-order valence-electron chi connectivity index (χ4n) is 2.91. The van der Waals surface area contributed by atoms with E-state index in [1.54, 1.807) is 12.3 Å². The molecule has 0 spiro atoms. The first-order valence-electron chi connectivity index (χ1n) is 8.09. The van der Waals surface area contributed by atoms with Crippen LogP contribution in [0.25, 0.3) is 11.6 Å². The van der Waals surface area contributed by atoms with Gasteiger partial charge in [-0.3, -0.25) is 9.89 Å². The first kappa shape index (κ1) is 14.7. The molecule has 6 nitrogen and oxygen atoms in total. The minimum Gasteiger partial charge on any atom is -0.461 e. The molecule has 0 unspecified atom stereocenters. The molecular formula is C18H18N4O2. The van der Waals surface area contributed by atoms with E-state index in [1.807, 2.05) is 24.3 Å². The van der Waals surface area contributed by atoms with E-state index in [1.165, 1.54) is 5.56 Å². The molecule has 0 saturated heterocycles. The van der Waals surface area contributed by atoms with Crippen molar-refractivity contribution in [2.75, 3.05) is 6.54 Å². The summed E-state index contributed by atoms with van der Waals surface area (Å²) < 4.78 is 5.25. The van der Waals surface area contributed by atoms with Gasteiger partial charge in [0.1, 0.15) is 5.82 Å². The fourth-order valence-corrected chi connectivity index (χ4v) is 2.91. The highest BCUT2D eigenvalue weighted by molar-refractivity contribution is 5.82. The van der Waals surface area contributed by atoms with Gasteiger partial charge in [-0.2, -0.15) is 5.10 Å². The maximum Gasteiger partial charge on any atom is 0.223 e. The van der Waals surface area contributed by atoms with Crippen molar-refractivity contribution in [2.24, 2.45) is 5.92 Å². The number of carbonyl (C=O) groups excluding carboxylic acids is 1. The largest absolute Gasteiger partial charge is 0.461 e. The standard InChI is InChI=1S/C18H18N4O2/c23-18(14-11-13(14)12-5-2-1-3-6-12)19-9-8-16-20-17(22-21-16)15-7-4-10-24-15/h1-7,10,13-14H,8-9,11H2,(H,19,23)(H,20,21,22)/t13-,14+/m0/s1. The van der Waals surface area contributed by atoms with Gasteiger partial charge in [0, 0.05) is 18.9 Å². The van der Waals surface area contributed by atoms with Crippen molar-refractivity contribution in [1.29, 1.82) is 0 Å². The Morgan fingerprint density at radius 2 is 2.12 bits per heavy atom. The Bertz CT molecular complexity index is 811. The van der Waals surface area contributed by atoms with E-state index in [9.17, 15) is 4.79 Å². The fraction of sp³-hybridized carbons (Fsp3) is 0.278. The van der Waals surface area contributed by atoms with Crippen molar-refractivity contribution in [3.8, 4) is 11.6 Å². The van der Waals surface area contributed by atoms with E-state index in [-0.39, 0.29) is 11.8 Å². The third-order valence-corrected chi connectivity index (χ3v) is 4.29. The van der Waals surface area contributed by atoms with Crippen LogP contribution in [-0.2, 0) is 11.2 Å². The van der Waals surface area contributed by atoms with Gasteiger partial charge < -0.3 is 9.73 Å². The molecule has 1 saturated carbocycles. The number of amides is 1. The van der Waals surface area contributed by atoms with Crippen LogP contribution in [0, 0.1) is 5.92 Å². The Balaban J connectivity index is 1.25. The number of hydrogen-bond donors (Lipinski definition) is 2. The molecule has 1 aliphatic rings. The molecule has 0 bridgehead atoms. The van der Waals surface area contributed by atoms with E-state index in [4.69, 9.17) is 4.42 Å². The molecule has 4 rings (SSSR count). The zero-order valence-electron chi connectivity index (χ0n) is 13.1. The molecule has 1 aliphatic carbocycles. The first-order valence-corrected chi connectivity index (χ1v) is 8.09. The van der Waals surface area contributed by atoms with Crippen LogP contribution in [0.2, 0.25) is 0 Å². The first-order chi connectivity index (χ1) is 11.8. The van der Waals surface area contributed by atoms with Crippen LogP contribution in [0.4, 0.5) is 0 Å². The summed E-state index contributed by atoms with van der Waals surface area (Å²) in [4.78, 5) is 16.6. The average molecular weight is 322 g/mol. The number of benzene rings is 1. The minimum absolute atomic E-state index is 0.0980. The Labute approximate surface area is 139 Å². The Kier molecular flexibility index (Phi) is 3.86. The molecule has 1 fully saturated rings. The van der Waals surface area contributed by atoms with E-state index in [0.717, 1.165) is 12.2 Å². The van der Waals surface area contributed by atoms with Gasteiger partial charge in [0.2, 0.25) is 11.7 Å². The number of furan rings is 1. The molecule has 2 heterocycles. The number of hydrogen-bond acceptors (Lipinski definition) is 4. The van der Waals surface area contributed by atoms with Gasteiger partial charge in [-0.15, -0.1) is 0 Å². The molecule has 6 heteroatoms. The Hall–Kier alpha value is -2.89. The molecule has 3 aromatic rings. The molecule has 2 atom stereocenters. The number of nitrogens with one attached hydrogen (secondary N) is 2. The van der Waals surface area contributed by atoms with Crippen molar-refractivity contribution in [1.82, 2.24) is 20.5 Å². The highest BCUT2D eigenvalue weighted by Crippen LogP contribution is 2.47. The topological polar surface area (TPSA) is 83.8 Å². The van der Waals surface area contributed by atoms with Crippen molar-refractivity contribution in [3.05, 3.63) is 60.1 Å². The summed E-state index contributed by atoms with van der Waals surface area (Å²) in [7, 11) is 0. The van der Waals surface area contributed by atoms with E-state index >= 15 is 0 Å². The Morgan fingerprint density at radius 1 is 1.25 bits per heavy atom. The SMILES string of the molecule is O=C(NCCc1nc(-c2ccco2)n[nH]1)[C@@H]1C[C@H]1c1ccccc1. The van der Waals surface area contributed by atoms with E-state index in [2.05, 4.69) is 32.6 Å². The van der Waals surface area contributed by atoms with Gasteiger partial charge in [0.25, 0.3) is 0 Å². The summed E-state index contributed by atoms with van der Waals surface area (Å²) in [5.74, 6) is 2.48. The second-order valence-corrected chi connectivity index (χ2v) is 5.98. The third-order valence-electron chi connectivity index (χ3n) is 4.29. The Morgan fingerprint density at radius 3 is 2.92 bits per heavy atom. The second-order valence-electron chi connectivity index (χ2n) is 5.98. The predicted octanol–water partition coefficient (Wildman–Crippen LogP) is 2.53. The summed E-state index contributed by atoms with van der Waals surface area (Å²) in [6.07, 6.45) is 3.13. The van der Waals surface area contributed by atoms with E-state index in [0.29, 0.717) is 30.5 Å². The van der Waals surface area contributed by atoms with Crippen molar-refractivity contribution in [3.63, 3.8) is 0 Å². The second kappa shape index (κ2) is 6.31. The van der Waals surface area contributed by atoms with E-state index < -0.39 is 0 Å². The molecule has 122 valence electrons. The van der Waals surface area contributed by atoms with Crippen molar-refractivity contribution < 1.29 is 9.21 Å². The van der Waals surface area contributed by atoms with Gasteiger partial charge in [-0.05, 0) is 30.0 Å². The monoisotopic (exact) mass is 322 g/mol. The molecule has 24 heavy (non-hydrogen) atoms. The van der Waals surface area contributed by atoms with Gasteiger partial charge in [-0.1, -0.05) is 30.3 Å². The van der Waals surface area contributed by atoms with Crippen LogP contribution in [0.3, 0.4) is 0 Å². The highest BCUT2D eigenvalue weighted by atomic mass is 16.3. The number of aromatic amines is 1. The summed E-state index contributed by atoms with van der Waals surface area (Å²) in [5, 5.41) is 9.97. The quantitative estimate of drug-likeness (QED) is 0.730. The maximum absolute atomic E-state index is 12.2. The number of rotatable bonds is 6. The van der Waals surface area contributed by atoms with Crippen molar-refractivity contribution in [2.45, 2.75) is 18.8 Å². The number of nitrogens with zero attached hydrogens (tertiary/aromatic N) is 2. The van der Waals surface area contributed by atoms with Crippen LogP contribution in [0.1, 0.15) is 23.7 Å². The van der Waals surface area contributed by atoms with Crippen LogP contribution in [0.5, 0.6) is 0 Å². The summed E-state index contributed by atoms with van der Waals surface area (Å²) in [5.41, 5.74) is 1.25. The molecule has 0 aliphatic heterocycles. The summed E-state index contributed by atoms with van der Waals surface area (Å²) in [6, 6.07) is 13.8. The average Bonchev–Trinajstić information content (AvgIpc) is 3.00. The normalized spacial score (nSPS) is 19.2. The third kappa shape index (κ3) is 3.08. The molecular weight excluding hydrogens is 304 g/mol. The summed E-state index contributed by atoms with van der Waals surface area (Å²) in [6.45, 7) is 0.545. The lowest BCUT2D eigenvalue weighted by molar-refractivity contribution is -0.122. The number of aromatic nitrogens is 3. The minimum atomic E-state index is 0.0980. The van der Waals surface area contributed by atoms with Crippen LogP contribution < -0.4 is 5.32 Å². The lowest BCUT2D eigenvalue weighted by Crippen LogP contribution is -2.27. The zero-order valence-corrected chi connectivity index (χ0v) is 13.1. The number of carbonyl (C=O) groups is 1. The molecule has 0 radical (unpaired) electrons. The van der Waals surface area contributed by atoms with Crippen molar-refractivity contribution >= 4 is 5.91 Å². The molecule has 1 amide bonds. The van der Waals surface area contributed by atoms with Gasteiger partial charge >= 0.3 is 0 Å². The summed E-state index contributed by atoms with van der Waals surface area (Å²) >= 11 is 0. The maximum atomic E-state index is 12.2. The zero-order chi connectivity index (χ0) is 16.4. The molecule has 1 aromatic carbocycles. The predicted molar refractivity (Wildman–Crippen MR) is 88.1 cm³/mol. The van der Waals surface area contributed by atoms with Gasteiger partial charge in [0.05, 0.1) is 6.26 Å². The number of H-pyrrole nitrogens is 1. The van der Waals surface area contributed by atoms with Gasteiger partial charge in [-0.25, -0.2) is 4.98 Å². The van der Waals surface area contributed by atoms with Gasteiger partial charge in [0.15, 0.2) is 5.76 Å². The van der Waals surface area contributed by atoms with Crippen LogP contribution in [0.15, 0.2) is 53.1 Å². The molecule has 2 aromatic heterocycles. The lowest BCUT2D eigenvalue weighted by atomic mass is 10.1. The smallest absolute Gasteiger partial charge is 0.223 e. The highest BCUT2D eigenvalue weighted by Gasteiger charge is 2.43. The van der Waals surface area contributed by atoms with Crippen LogP contribution >= 0.6 is 0 Å².